The maximum Gasteiger partial charge on any atom is 0.307 e. The van der Waals surface area contributed by atoms with Gasteiger partial charge in [0.1, 0.15) is 12.4 Å². The number of benzene rings is 2. The van der Waals surface area contributed by atoms with Crippen molar-refractivity contribution in [2.75, 3.05) is 31.1 Å². The number of anilines is 1. The molecule has 2 aromatic carbocycles. The number of thiazole rings is 1. The summed E-state index contributed by atoms with van der Waals surface area (Å²) in [5, 5.41) is 12.7. The van der Waals surface area contributed by atoms with Crippen molar-refractivity contribution in [3.8, 4) is 17.0 Å². The van der Waals surface area contributed by atoms with Gasteiger partial charge in [-0.05, 0) is 87.1 Å². The van der Waals surface area contributed by atoms with Crippen molar-refractivity contribution in [3.05, 3.63) is 64.0 Å². The fourth-order valence-electron chi connectivity index (χ4n) is 6.77. The number of amides is 1. The normalized spacial score (nSPS) is 22.4. The Kier molecular flexibility index (Phi) is 7.53. The van der Waals surface area contributed by atoms with Crippen LogP contribution in [0.2, 0.25) is 0 Å². The Hall–Kier alpha value is -3.39. The molecule has 2 saturated heterocycles. The summed E-state index contributed by atoms with van der Waals surface area (Å²) < 4.78 is 6.33. The first-order valence-electron chi connectivity index (χ1n) is 14.4. The van der Waals surface area contributed by atoms with Crippen molar-refractivity contribution in [1.82, 2.24) is 9.88 Å². The number of aryl methyl sites for hydroxylation is 2. The molecule has 6 rings (SSSR count). The van der Waals surface area contributed by atoms with Crippen LogP contribution >= 0.6 is 11.3 Å². The van der Waals surface area contributed by atoms with Gasteiger partial charge >= 0.3 is 5.97 Å². The lowest BCUT2D eigenvalue weighted by atomic mass is 9.85. The number of rotatable bonds is 7. The van der Waals surface area contributed by atoms with Crippen LogP contribution in [0.3, 0.4) is 0 Å². The molecule has 2 aliphatic heterocycles. The SMILES string of the molecule is Cc1ccc(OCc2ccc(C(=O)N3CCCCC3)c(C)c2)c(-c2csc(N3C[C@H]4CC[C@@H](C3)C4C(=O)O)n2)c1. The highest BCUT2D eigenvalue weighted by atomic mass is 32.1. The molecule has 3 aromatic rings. The van der Waals surface area contributed by atoms with Crippen LogP contribution in [-0.4, -0.2) is 53.0 Å². The second kappa shape index (κ2) is 11.2. The lowest BCUT2D eigenvalue weighted by molar-refractivity contribution is -0.144. The number of likely N-dealkylation sites (tertiary alicyclic amines) is 1. The van der Waals surface area contributed by atoms with Crippen LogP contribution in [0.1, 0.15) is 59.2 Å². The number of aromatic nitrogens is 1. The topological polar surface area (TPSA) is 83.0 Å². The van der Waals surface area contributed by atoms with Gasteiger partial charge in [-0.15, -0.1) is 11.3 Å². The molecule has 2 bridgehead atoms. The highest BCUT2D eigenvalue weighted by Crippen LogP contribution is 2.44. The molecule has 3 heterocycles. The number of fused-ring (bicyclic) bond motifs is 2. The fourth-order valence-corrected chi connectivity index (χ4v) is 7.61. The van der Waals surface area contributed by atoms with Gasteiger partial charge in [0.15, 0.2) is 5.13 Å². The molecule has 3 aliphatic rings. The van der Waals surface area contributed by atoms with E-state index in [0.717, 1.165) is 96.3 Å². The monoisotopic (exact) mass is 559 g/mol. The Balaban J connectivity index is 1.16. The number of carbonyl (C=O) groups excluding carboxylic acids is 1. The summed E-state index contributed by atoms with van der Waals surface area (Å²) in [5.74, 6) is 0.446. The molecule has 210 valence electrons. The fraction of sp³-hybridized carbons (Fsp3) is 0.469. The number of nitrogens with zero attached hydrogens (tertiary/aromatic N) is 3. The summed E-state index contributed by atoms with van der Waals surface area (Å²) in [6, 6.07) is 12.2. The van der Waals surface area contributed by atoms with Crippen molar-refractivity contribution >= 4 is 28.3 Å². The molecule has 7 nitrogen and oxygen atoms in total. The maximum atomic E-state index is 13.0. The first-order valence-corrected chi connectivity index (χ1v) is 15.3. The number of hydrogen-bond donors (Lipinski definition) is 1. The van der Waals surface area contributed by atoms with Crippen LogP contribution < -0.4 is 9.64 Å². The van der Waals surface area contributed by atoms with E-state index in [1.54, 1.807) is 11.3 Å². The van der Waals surface area contributed by atoms with Gasteiger partial charge in [0, 0.05) is 42.7 Å². The number of aliphatic carboxylic acids is 1. The summed E-state index contributed by atoms with van der Waals surface area (Å²) in [7, 11) is 0. The number of carboxylic acid groups (broad SMARTS) is 1. The van der Waals surface area contributed by atoms with E-state index in [9.17, 15) is 14.7 Å². The predicted molar refractivity (Wildman–Crippen MR) is 157 cm³/mol. The number of carbonyl (C=O) groups is 2. The summed E-state index contributed by atoms with van der Waals surface area (Å²) in [6.45, 7) is 7.67. The minimum atomic E-state index is -0.646. The summed E-state index contributed by atoms with van der Waals surface area (Å²) >= 11 is 1.62. The summed E-state index contributed by atoms with van der Waals surface area (Å²) in [6.07, 6.45) is 5.34. The lowest BCUT2D eigenvalue weighted by Gasteiger charge is -2.35. The zero-order chi connectivity index (χ0) is 27.8. The molecule has 1 N–H and O–H groups in total. The van der Waals surface area contributed by atoms with Crippen molar-refractivity contribution in [2.24, 2.45) is 17.8 Å². The Morgan fingerprint density at radius 3 is 2.48 bits per heavy atom. The van der Waals surface area contributed by atoms with Crippen molar-refractivity contribution < 1.29 is 19.4 Å². The van der Waals surface area contributed by atoms with E-state index in [2.05, 4.69) is 29.3 Å². The molecule has 8 heteroatoms. The average molecular weight is 560 g/mol. The molecule has 40 heavy (non-hydrogen) atoms. The number of piperidine rings is 2. The molecule has 1 amide bonds. The van der Waals surface area contributed by atoms with Crippen molar-refractivity contribution in [2.45, 2.75) is 52.6 Å². The van der Waals surface area contributed by atoms with Crippen LogP contribution in [0.25, 0.3) is 11.3 Å². The molecule has 3 fully saturated rings. The molecule has 0 radical (unpaired) electrons. The summed E-state index contributed by atoms with van der Waals surface area (Å²) in [4.78, 5) is 34.0. The molecular weight excluding hydrogens is 522 g/mol. The first kappa shape index (κ1) is 26.8. The van der Waals surface area contributed by atoms with Gasteiger partial charge in [0.25, 0.3) is 5.91 Å². The largest absolute Gasteiger partial charge is 0.488 e. The van der Waals surface area contributed by atoms with Gasteiger partial charge in [-0.1, -0.05) is 23.8 Å². The van der Waals surface area contributed by atoms with E-state index in [-0.39, 0.29) is 23.7 Å². The van der Waals surface area contributed by atoms with E-state index >= 15 is 0 Å². The molecule has 1 saturated carbocycles. The third-order valence-corrected chi connectivity index (χ3v) is 9.75. The van der Waals surface area contributed by atoms with Crippen LogP contribution in [0.4, 0.5) is 5.13 Å². The predicted octanol–water partition coefficient (Wildman–Crippen LogP) is 6.18. The van der Waals surface area contributed by atoms with Gasteiger partial charge in [0.05, 0.1) is 11.6 Å². The minimum absolute atomic E-state index is 0.130. The Morgan fingerprint density at radius 1 is 1.02 bits per heavy atom. The molecule has 0 spiro atoms. The van der Waals surface area contributed by atoms with Crippen LogP contribution in [-0.2, 0) is 11.4 Å². The maximum absolute atomic E-state index is 13.0. The van der Waals surface area contributed by atoms with Gasteiger partial charge < -0.3 is 19.6 Å². The lowest BCUT2D eigenvalue weighted by Crippen LogP contribution is -2.44. The van der Waals surface area contributed by atoms with E-state index in [1.165, 1.54) is 6.42 Å². The highest BCUT2D eigenvalue weighted by molar-refractivity contribution is 7.14. The molecule has 1 aromatic heterocycles. The van der Waals surface area contributed by atoms with Crippen molar-refractivity contribution in [1.29, 1.82) is 0 Å². The number of carboxylic acids is 1. The van der Waals surface area contributed by atoms with Crippen LogP contribution in [0, 0.1) is 31.6 Å². The summed E-state index contributed by atoms with van der Waals surface area (Å²) in [5.41, 5.74) is 5.75. The molecule has 1 aliphatic carbocycles. The van der Waals surface area contributed by atoms with Gasteiger partial charge in [-0.3, -0.25) is 9.59 Å². The molecule has 1 unspecified atom stereocenters. The van der Waals surface area contributed by atoms with E-state index in [4.69, 9.17) is 9.72 Å². The first-order chi connectivity index (χ1) is 19.4. The van der Waals surface area contributed by atoms with Gasteiger partial charge in [-0.2, -0.15) is 0 Å². The number of ether oxygens (including phenoxy) is 1. The highest BCUT2D eigenvalue weighted by Gasteiger charge is 2.46. The van der Waals surface area contributed by atoms with Crippen LogP contribution in [0.5, 0.6) is 5.75 Å². The standard InChI is InChI=1S/C32H37N3O4S/c1-20-6-11-28(39-18-22-7-10-25(21(2)15-22)30(36)34-12-4-3-5-13-34)26(14-20)27-19-40-32(33-27)35-16-23-8-9-24(17-35)29(23)31(37)38/h6-7,10-11,14-15,19,23-24,29H,3-5,8-9,12-13,16-18H2,1-2H3,(H,37,38)/t23-,24+,29?. The quantitative estimate of drug-likeness (QED) is 0.372. The number of hydrogen-bond acceptors (Lipinski definition) is 6. The second-order valence-corrected chi connectivity index (χ2v) is 12.5. The Labute approximate surface area is 239 Å². The van der Waals surface area contributed by atoms with Gasteiger partial charge in [0.2, 0.25) is 0 Å². The van der Waals surface area contributed by atoms with E-state index in [0.29, 0.717) is 6.61 Å². The Morgan fingerprint density at radius 2 is 1.77 bits per heavy atom. The van der Waals surface area contributed by atoms with Crippen LogP contribution in [0.15, 0.2) is 41.8 Å². The zero-order valence-electron chi connectivity index (χ0n) is 23.3. The van der Waals surface area contributed by atoms with E-state index in [1.807, 2.05) is 36.1 Å². The van der Waals surface area contributed by atoms with Crippen molar-refractivity contribution in [3.63, 3.8) is 0 Å². The van der Waals surface area contributed by atoms with Gasteiger partial charge in [-0.25, -0.2) is 4.98 Å². The smallest absolute Gasteiger partial charge is 0.307 e. The average Bonchev–Trinajstić information content (AvgIpc) is 3.55. The third kappa shape index (κ3) is 5.33. The minimum Gasteiger partial charge on any atom is -0.488 e. The zero-order valence-corrected chi connectivity index (χ0v) is 24.1. The third-order valence-electron chi connectivity index (χ3n) is 8.85. The Bertz CT molecular complexity index is 1400. The molecule has 3 atom stereocenters. The second-order valence-electron chi connectivity index (χ2n) is 11.7. The molecular formula is C32H37N3O4S. The van der Waals surface area contributed by atoms with E-state index < -0.39 is 5.97 Å².